The number of aryl methyl sites for hydroxylation is 1. The molecule has 0 spiro atoms. The van der Waals surface area contributed by atoms with Crippen LogP contribution in [0.3, 0.4) is 0 Å². The van der Waals surface area contributed by atoms with Gasteiger partial charge in [0.25, 0.3) is 0 Å². The van der Waals surface area contributed by atoms with Crippen molar-refractivity contribution in [2.45, 2.75) is 6.92 Å². The van der Waals surface area contributed by atoms with Gasteiger partial charge in [0.1, 0.15) is 0 Å². The summed E-state index contributed by atoms with van der Waals surface area (Å²) in [5.41, 5.74) is 2.00. The van der Waals surface area contributed by atoms with E-state index < -0.39 is 5.97 Å². The van der Waals surface area contributed by atoms with Crippen molar-refractivity contribution in [3.05, 3.63) is 52.0 Å². The molecule has 0 aliphatic carbocycles. The largest absolute Gasteiger partial charge is 0.478 e. The Bertz CT molecular complexity index is 541. The van der Waals surface area contributed by atoms with Crippen LogP contribution in [0.25, 0.3) is 11.6 Å². The van der Waals surface area contributed by atoms with Gasteiger partial charge in [0.15, 0.2) is 0 Å². The maximum absolute atomic E-state index is 11.2. The van der Waals surface area contributed by atoms with Gasteiger partial charge in [0.05, 0.1) is 5.57 Å². The normalized spacial score (nSPS) is 11.5. The third-order valence-corrected chi connectivity index (χ3v) is 3.17. The summed E-state index contributed by atoms with van der Waals surface area (Å²) < 4.78 is 0. The number of hydrogen-bond acceptors (Lipinski definition) is 3. The van der Waals surface area contributed by atoms with E-state index in [1.54, 1.807) is 18.3 Å². The summed E-state index contributed by atoms with van der Waals surface area (Å²) in [5, 5.41) is 11.0. The summed E-state index contributed by atoms with van der Waals surface area (Å²) in [5.74, 6) is -0.923. The summed E-state index contributed by atoms with van der Waals surface area (Å²) in [4.78, 5) is 16.1. The third-order valence-electron chi connectivity index (χ3n) is 2.26. The fourth-order valence-electron chi connectivity index (χ4n) is 1.40. The van der Waals surface area contributed by atoms with E-state index in [2.05, 4.69) is 4.98 Å². The number of carboxylic acid groups (broad SMARTS) is 1. The number of aromatic nitrogens is 1. The van der Waals surface area contributed by atoms with Crippen LogP contribution in [0.2, 0.25) is 0 Å². The average molecular weight is 245 g/mol. The van der Waals surface area contributed by atoms with Gasteiger partial charge in [-0.2, -0.15) is 0 Å². The molecule has 4 heteroatoms. The molecule has 0 bridgehead atoms. The predicted octanol–water partition coefficient (Wildman–Crippen LogP) is 3.08. The van der Waals surface area contributed by atoms with Crippen LogP contribution in [0.5, 0.6) is 0 Å². The fourth-order valence-corrected chi connectivity index (χ4v) is 2.14. The van der Waals surface area contributed by atoms with Crippen molar-refractivity contribution >= 4 is 29.0 Å². The Morgan fingerprint density at radius 3 is 2.76 bits per heavy atom. The molecule has 0 saturated carbocycles. The molecule has 1 N–H and O–H groups in total. The number of pyridine rings is 1. The fraction of sp³-hybridized carbons (Fsp3) is 0.0769. The van der Waals surface area contributed by atoms with E-state index in [-0.39, 0.29) is 0 Å². The Balaban J connectivity index is 2.40. The molecule has 0 radical (unpaired) electrons. The van der Waals surface area contributed by atoms with Gasteiger partial charge >= 0.3 is 5.97 Å². The first-order chi connectivity index (χ1) is 8.16. The zero-order valence-corrected chi connectivity index (χ0v) is 10.1. The second-order valence-electron chi connectivity index (χ2n) is 3.57. The van der Waals surface area contributed by atoms with E-state index in [9.17, 15) is 9.90 Å². The van der Waals surface area contributed by atoms with E-state index in [0.717, 1.165) is 16.1 Å². The van der Waals surface area contributed by atoms with Crippen LogP contribution in [0, 0.1) is 6.92 Å². The number of carbonyl (C=O) groups is 1. The van der Waals surface area contributed by atoms with Gasteiger partial charge in [-0.05, 0) is 36.1 Å². The quantitative estimate of drug-likeness (QED) is 0.845. The molecule has 86 valence electrons. The van der Waals surface area contributed by atoms with E-state index in [4.69, 9.17) is 0 Å². The van der Waals surface area contributed by atoms with Gasteiger partial charge in [-0.15, -0.1) is 11.3 Å². The molecular weight excluding hydrogens is 234 g/mol. The van der Waals surface area contributed by atoms with Gasteiger partial charge < -0.3 is 5.11 Å². The molecule has 0 aliphatic heterocycles. The van der Waals surface area contributed by atoms with Crippen LogP contribution in [0.1, 0.15) is 16.1 Å². The van der Waals surface area contributed by atoms with Gasteiger partial charge in [0, 0.05) is 16.8 Å². The highest BCUT2D eigenvalue weighted by molar-refractivity contribution is 7.11. The molecular formula is C13H11NO2S. The molecule has 0 unspecified atom stereocenters. The molecule has 0 saturated heterocycles. The van der Waals surface area contributed by atoms with Crippen LogP contribution < -0.4 is 0 Å². The lowest BCUT2D eigenvalue weighted by atomic mass is 10.1. The number of nitrogens with zero attached hydrogens (tertiary/aromatic N) is 1. The van der Waals surface area contributed by atoms with E-state index in [0.29, 0.717) is 5.57 Å². The minimum absolute atomic E-state index is 0.297. The van der Waals surface area contributed by atoms with Gasteiger partial charge in [0.2, 0.25) is 0 Å². The molecule has 2 aromatic rings. The number of aliphatic carboxylic acids is 1. The van der Waals surface area contributed by atoms with Crippen LogP contribution in [0.15, 0.2) is 35.8 Å². The van der Waals surface area contributed by atoms with Crippen LogP contribution >= 0.6 is 11.3 Å². The van der Waals surface area contributed by atoms with Crippen LogP contribution in [0.4, 0.5) is 0 Å². The van der Waals surface area contributed by atoms with E-state index >= 15 is 0 Å². The highest BCUT2D eigenvalue weighted by Gasteiger charge is 2.11. The summed E-state index contributed by atoms with van der Waals surface area (Å²) in [6.45, 7) is 1.89. The molecule has 3 nitrogen and oxygen atoms in total. The minimum atomic E-state index is -0.923. The summed E-state index contributed by atoms with van der Waals surface area (Å²) in [6.07, 6.45) is 3.31. The van der Waals surface area contributed by atoms with Crippen molar-refractivity contribution in [2.75, 3.05) is 0 Å². The molecule has 2 heterocycles. The molecule has 0 aliphatic rings. The lowest BCUT2D eigenvalue weighted by molar-refractivity contribution is -0.130. The zero-order valence-electron chi connectivity index (χ0n) is 9.25. The first-order valence-corrected chi connectivity index (χ1v) is 5.96. The maximum Gasteiger partial charge on any atom is 0.337 e. The van der Waals surface area contributed by atoms with Crippen LogP contribution in [-0.2, 0) is 4.79 Å². The predicted molar refractivity (Wildman–Crippen MR) is 68.8 cm³/mol. The first kappa shape index (κ1) is 11.5. The number of carboxylic acids is 1. The standard InChI is InChI=1S/C13H11NO2S/c1-9-4-5-10(8-14-9)7-11(13(15)16)12-3-2-6-17-12/h2-8H,1H3,(H,15,16)/b11-7+. The summed E-state index contributed by atoms with van der Waals surface area (Å²) >= 11 is 1.41. The Morgan fingerprint density at radius 1 is 1.41 bits per heavy atom. The van der Waals surface area contributed by atoms with E-state index in [1.165, 1.54) is 11.3 Å². The number of thiophene rings is 1. The molecule has 0 aromatic carbocycles. The topological polar surface area (TPSA) is 50.2 Å². The summed E-state index contributed by atoms with van der Waals surface area (Å²) in [6, 6.07) is 7.36. The van der Waals surface area contributed by atoms with Crippen molar-refractivity contribution in [1.82, 2.24) is 4.98 Å². The minimum Gasteiger partial charge on any atom is -0.478 e. The molecule has 0 fully saturated rings. The monoisotopic (exact) mass is 245 g/mol. The SMILES string of the molecule is Cc1ccc(/C=C(/C(=O)O)c2cccs2)cn1. The van der Waals surface area contributed by atoms with Gasteiger partial charge in [-0.1, -0.05) is 12.1 Å². The van der Waals surface area contributed by atoms with E-state index in [1.807, 2.05) is 30.5 Å². The Morgan fingerprint density at radius 2 is 2.24 bits per heavy atom. The smallest absolute Gasteiger partial charge is 0.337 e. The third kappa shape index (κ3) is 2.79. The lowest BCUT2D eigenvalue weighted by Gasteiger charge is -1.99. The maximum atomic E-state index is 11.2. The number of rotatable bonds is 3. The van der Waals surface area contributed by atoms with Crippen molar-refractivity contribution in [3.8, 4) is 0 Å². The van der Waals surface area contributed by atoms with Gasteiger partial charge in [-0.3, -0.25) is 4.98 Å². The highest BCUT2D eigenvalue weighted by Crippen LogP contribution is 2.22. The number of hydrogen-bond donors (Lipinski definition) is 1. The highest BCUT2D eigenvalue weighted by atomic mass is 32.1. The molecule has 0 amide bonds. The summed E-state index contributed by atoms with van der Waals surface area (Å²) in [7, 11) is 0. The van der Waals surface area contributed by atoms with Crippen molar-refractivity contribution in [1.29, 1.82) is 0 Å². The second-order valence-corrected chi connectivity index (χ2v) is 4.52. The molecule has 17 heavy (non-hydrogen) atoms. The zero-order chi connectivity index (χ0) is 12.3. The van der Waals surface area contributed by atoms with Gasteiger partial charge in [-0.25, -0.2) is 4.79 Å². The Labute approximate surface area is 103 Å². The lowest BCUT2D eigenvalue weighted by Crippen LogP contribution is -1.97. The Kier molecular flexibility index (Phi) is 3.35. The van der Waals surface area contributed by atoms with Crippen molar-refractivity contribution in [3.63, 3.8) is 0 Å². The van der Waals surface area contributed by atoms with Crippen LogP contribution in [-0.4, -0.2) is 16.1 Å². The van der Waals surface area contributed by atoms with Crippen molar-refractivity contribution in [2.24, 2.45) is 0 Å². The first-order valence-electron chi connectivity index (χ1n) is 5.08. The second kappa shape index (κ2) is 4.93. The molecule has 2 rings (SSSR count). The van der Waals surface area contributed by atoms with Crippen molar-refractivity contribution < 1.29 is 9.90 Å². The molecule has 2 aromatic heterocycles. The molecule has 0 atom stereocenters. The Hall–Kier alpha value is -1.94. The average Bonchev–Trinajstić information content (AvgIpc) is 2.81.